The molecule has 1 atom stereocenters. The molecule has 2 rings (SSSR count). The summed E-state index contributed by atoms with van der Waals surface area (Å²) < 4.78 is 7.07. The van der Waals surface area contributed by atoms with Gasteiger partial charge in [0.15, 0.2) is 0 Å². The first kappa shape index (κ1) is 10.7. The number of aromatic nitrogens is 6. The minimum absolute atomic E-state index is 0.128. The van der Waals surface area contributed by atoms with Crippen LogP contribution in [0.15, 0.2) is 18.6 Å². The van der Waals surface area contributed by atoms with E-state index in [1.54, 1.807) is 10.7 Å². The molecular weight excluding hydrogens is 232 g/mol. The minimum atomic E-state index is -0.128. The Morgan fingerprint density at radius 1 is 1.50 bits per heavy atom. The Morgan fingerprint density at radius 2 is 2.38 bits per heavy atom. The van der Waals surface area contributed by atoms with Gasteiger partial charge in [-0.1, -0.05) is 11.6 Å². The number of tetrazole rings is 1. The summed E-state index contributed by atoms with van der Waals surface area (Å²) in [6.45, 7) is 2.41. The van der Waals surface area contributed by atoms with E-state index in [-0.39, 0.29) is 6.10 Å². The molecule has 0 saturated heterocycles. The fraction of sp³-hybridized carbons (Fsp3) is 0.375. The molecule has 7 nitrogen and oxygen atoms in total. The molecule has 0 saturated carbocycles. The Hall–Kier alpha value is -1.76. The lowest BCUT2D eigenvalue weighted by molar-refractivity contribution is 0.183. The van der Waals surface area contributed by atoms with E-state index in [4.69, 9.17) is 16.3 Å². The van der Waals surface area contributed by atoms with Crippen molar-refractivity contribution < 1.29 is 4.74 Å². The maximum Gasteiger partial charge on any atom is 0.235 e. The maximum atomic E-state index is 5.75. The third-order valence-corrected chi connectivity index (χ3v) is 1.96. The van der Waals surface area contributed by atoms with Gasteiger partial charge in [-0.2, -0.15) is 5.10 Å². The van der Waals surface area contributed by atoms with Gasteiger partial charge in [0.05, 0.1) is 17.8 Å². The molecule has 16 heavy (non-hydrogen) atoms. The van der Waals surface area contributed by atoms with E-state index >= 15 is 0 Å². The molecule has 0 aromatic carbocycles. The molecule has 0 bridgehead atoms. The Labute approximate surface area is 96.4 Å². The predicted molar refractivity (Wildman–Crippen MR) is 54.9 cm³/mol. The third kappa shape index (κ3) is 2.86. The van der Waals surface area contributed by atoms with Crippen LogP contribution in [0.3, 0.4) is 0 Å². The normalized spacial score (nSPS) is 12.4. The van der Waals surface area contributed by atoms with Crippen LogP contribution in [0.5, 0.6) is 5.88 Å². The van der Waals surface area contributed by atoms with Gasteiger partial charge in [-0.05, 0) is 17.4 Å². The van der Waals surface area contributed by atoms with Gasteiger partial charge in [0, 0.05) is 6.07 Å². The van der Waals surface area contributed by atoms with Crippen LogP contribution in [0.4, 0.5) is 0 Å². The molecule has 0 radical (unpaired) electrons. The highest BCUT2D eigenvalue weighted by Crippen LogP contribution is 2.13. The lowest BCUT2D eigenvalue weighted by atomic mass is 10.4. The molecule has 84 valence electrons. The number of hydrogen-bond donors (Lipinski definition) is 0. The molecule has 0 aliphatic heterocycles. The van der Waals surface area contributed by atoms with Crippen LogP contribution in [0.1, 0.15) is 6.92 Å². The second-order valence-corrected chi connectivity index (χ2v) is 3.61. The van der Waals surface area contributed by atoms with Crippen molar-refractivity contribution in [2.45, 2.75) is 19.6 Å². The first-order valence-corrected chi connectivity index (χ1v) is 4.97. The lowest BCUT2D eigenvalue weighted by Crippen LogP contribution is -2.20. The zero-order valence-corrected chi connectivity index (χ0v) is 9.24. The van der Waals surface area contributed by atoms with Crippen LogP contribution >= 0.6 is 11.6 Å². The van der Waals surface area contributed by atoms with Gasteiger partial charge in [0.25, 0.3) is 0 Å². The highest BCUT2D eigenvalue weighted by molar-refractivity contribution is 6.30. The molecule has 0 aliphatic rings. The van der Waals surface area contributed by atoms with Crippen molar-refractivity contribution in [1.29, 1.82) is 0 Å². The van der Waals surface area contributed by atoms with Crippen LogP contribution in [0, 0.1) is 0 Å². The molecule has 0 N–H and O–H groups in total. The average molecular weight is 241 g/mol. The number of rotatable bonds is 4. The largest absolute Gasteiger partial charge is 0.472 e. The quantitative estimate of drug-likeness (QED) is 0.778. The zero-order valence-electron chi connectivity index (χ0n) is 8.49. The van der Waals surface area contributed by atoms with Crippen molar-refractivity contribution in [3.63, 3.8) is 0 Å². The van der Waals surface area contributed by atoms with Crippen molar-refractivity contribution in [3.8, 4) is 5.88 Å². The SMILES string of the molecule is C[C@@H](Cn1cnnn1)Oc1cc(Cl)cnn1. The Morgan fingerprint density at radius 3 is 3.06 bits per heavy atom. The summed E-state index contributed by atoms with van der Waals surface area (Å²) in [5, 5.41) is 18.7. The molecule has 0 spiro atoms. The van der Waals surface area contributed by atoms with Crippen LogP contribution in [-0.4, -0.2) is 36.5 Å². The van der Waals surface area contributed by atoms with Crippen molar-refractivity contribution in [2.24, 2.45) is 0 Å². The van der Waals surface area contributed by atoms with Gasteiger partial charge in [0.2, 0.25) is 5.88 Å². The van der Waals surface area contributed by atoms with Gasteiger partial charge >= 0.3 is 0 Å². The Kier molecular flexibility index (Phi) is 3.25. The van der Waals surface area contributed by atoms with Crippen LogP contribution in [-0.2, 0) is 6.54 Å². The van der Waals surface area contributed by atoms with Gasteiger partial charge in [0.1, 0.15) is 12.4 Å². The number of nitrogens with zero attached hydrogens (tertiary/aromatic N) is 6. The first-order chi connectivity index (χ1) is 7.74. The third-order valence-electron chi connectivity index (χ3n) is 1.76. The zero-order chi connectivity index (χ0) is 11.4. The topological polar surface area (TPSA) is 78.6 Å². The summed E-state index contributed by atoms with van der Waals surface area (Å²) in [7, 11) is 0. The predicted octanol–water partition coefficient (Wildman–Crippen LogP) is 0.584. The van der Waals surface area contributed by atoms with Crippen molar-refractivity contribution >= 4 is 11.6 Å². The molecule has 0 unspecified atom stereocenters. The Balaban J connectivity index is 1.94. The molecule has 0 amide bonds. The number of ether oxygens (including phenoxy) is 1. The van der Waals surface area contributed by atoms with E-state index in [1.807, 2.05) is 6.92 Å². The number of halogens is 1. The molecule has 2 aromatic heterocycles. The molecule has 8 heteroatoms. The summed E-state index contributed by atoms with van der Waals surface area (Å²) in [6.07, 6.45) is 2.83. The average Bonchev–Trinajstić information content (AvgIpc) is 2.70. The molecule has 2 heterocycles. The highest BCUT2D eigenvalue weighted by Gasteiger charge is 2.07. The number of hydrogen-bond acceptors (Lipinski definition) is 6. The maximum absolute atomic E-state index is 5.75. The van der Waals surface area contributed by atoms with Crippen molar-refractivity contribution in [3.05, 3.63) is 23.6 Å². The lowest BCUT2D eigenvalue weighted by Gasteiger charge is -2.12. The molecule has 0 fully saturated rings. The fourth-order valence-electron chi connectivity index (χ4n) is 1.15. The van der Waals surface area contributed by atoms with Gasteiger partial charge < -0.3 is 4.74 Å². The van der Waals surface area contributed by atoms with Crippen LogP contribution < -0.4 is 4.74 Å². The summed E-state index contributed by atoms with van der Waals surface area (Å²) in [5.74, 6) is 0.382. The second-order valence-electron chi connectivity index (χ2n) is 3.17. The van der Waals surface area contributed by atoms with Crippen LogP contribution in [0.25, 0.3) is 0 Å². The monoisotopic (exact) mass is 240 g/mol. The van der Waals surface area contributed by atoms with Crippen molar-refractivity contribution in [1.82, 2.24) is 30.4 Å². The van der Waals surface area contributed by atoms with E-state index in [0.29, 0.717) is 17.4 Å². The standard InChI is InChI=1S/C8H9ClN6O/c1-6(4-15-5-11-13-14-15)16-8-2-7(9)3-10-12-8/h2-3,5-6H,4H2,1H3/t6-/m0/s1. The Bertz CT molecular complexity index is 448. The van der Waals surface area contributed by atoms with Gasteiger partial charge in [-0.15, -0.1) is 10.2 Å². The molecule has 2 aromatic rings. The van der Waals surface area contributed by atoms with Crippen LogP contribution in [0.2, 0.25) is 5.02 Å². The fourth-order valence-corrected chi connectivity index (χ4v) is 1.29. The molecular formula is C8H9ClN6O. The van der Waals surface area contributed by atoms with Gasteiger partial charge in [-0.3, -0.25) is 0 Å². The van der Waals surface area contributed by atoms with E-state index in [0.717, 1.165) is 0 Å². The first-order valence-electron chi connectivity index (χ1n) is 4.59. The van der Waals surface area contributed by atoms with E-state index in [2.05, 4.69) is 25.7 Å². The summed E-state index contributed by atoms with van der Waals surface area (Å²) in [6, 6.07) is 1.60. The second kappa shape index (κ2) is 4.84. The summed E-state index contributed by atoms with van der Waals surface area (Å²) >= 11 is 5.75. The minimum Gasteiger partial charge on any atom is -0.472 e. The summed E-state index contributed by atoms with van der Waals surface area (Å²) in [5.41, 5.74) is 0. The van der Waals surface area contributed by atoms with Crippen molar-refractivity contribution in [2.75, 3.05) is 0 Å². The summed E-state index contributed by atoms with van der Waals surface area (Å²) in [4.78, 5) is 0. The van der Waals surface area contributed by atoms with E-state index in [1.165, 1.54) is 12.5 Å². The van der Waals surface area contributed by atoms with E-state index in [9.17, 15) is 0 Å². The van der Waals surface area contributed by atoms with E-state index < -0.39 is 0 Å². The van der Waals surface area contributed by atoms with Gasteiger partial charge in [-0.25, -0.2) is 4.68 Å². The smallest absolute Gasteiger partial charge is 0.235 e. The molecule has 0 aliphatic carbocycles. The highest BCUT2D eigenvalue weighted by atomic mass is 35.5.